The fourth-order valence-corrected chi connectivity index (χ4v) is 2.44. The molecule has 3 nitrogen and oxygen atoms in total. The summed E-state index contributed by atoms with van der Waals surface area (Å²) >= 11 is 0. The summed E-state index contributed by atoms with van der Waals surface area (Å²) in [6.07, 6.45) is 0.892. The molecular weight excluding hydrogens is 293 g/mol. The quantitative estimate of drug-likeness (QED) is 0.870. The van der Waals surface area contributed by atoms with Gasteiger partial charge in [0, 0.05) is 24.7 Å². The van der Waals surface area contributed by atoms with Crippen LogP contribution in [-0.2, 0) is 12.6 Å². The molecule has 2 aromatic rings. The highest BCUT2D eigenvalue weighted by Gasteiger charge is 2.33. The van der Waals surface area contributed by atoms with Crippen LogP contribution in [0.1, 0.15) is 45.7 Å². The predicted octanol–water partition coefficient (Wildman–Crippen LogP) is 3.92. The number of aromatic amines is 1. The van der Waals surface area contributed by atoms with Crippen LogP contribution in [0.3, 0.4) is 0 Å². The lowest BCUT2D eigenvalue weighted by atomic mass is 10.0. The van der Waals surface area contributed by atoms with Crippen LogP contribution in [0.5, 0.6) is 0 Å². The number of nitrogens with one attached hydrogen (secondary N) is 1. The second-order valence-electron chi connectivity index (χ2n) is 5.68. The van der Waals surface area contributed by atoms with Crippen molar-refractivity contribution in [2.75, 3.05) is 0 Å². The monoisotopic (exact) mass is 308 g/mol. The average Bonchev–Trinajstić information content (AvgIpc) is 3.24. The van der Waals surface area contributed by atoms with E-state index < -0.39 is 11.9 Å². The van der Waals surface area contributed by atoms with Gasteiger partial charge in [-0.1, -0.05) is 6.07 Å². The van der Waals surface area contributed by atoms with Gasteiger partial charge in [0.25, 0.3) is 0 Å². The number of hydrogen-bond acceptors (Lipinski definition) is 2. The van der Waals surface area contributed by atoms with Crippen molar-refractivity contribution in [3.05, 3.63) is 52.6 Å². The Morgan fingerprint density at radius 2 is 2.09 bits per heavy atom. The molecule has 22 heavy (non-hydrogen) atoms. The number of carbonyl (C=O) groups excluding carboxylic acids is 1. The third-order valence-corrected chi connectivity index (χ3v) is 3.95. The smallest absolute Gasteiger partial charge is 0.358 e. The van der Waals surface area contributed by atoms with Crippen molar-refractivity contribution in [1.29, 1.82) is 0 Å². The first-order valence-electron chi connectivity index (χ1n) is 7.09. The highest BCUT2D eigenvalue weighted by atomic mass is 19.4. The Morgan fingerprint density at radius 1 is 1.36 bits per heavy atom. The number of alkyl halides is 3. The minimum absolute atomic E-state index is 0.134. The Kier molecular flexibility index (Phi) is 3.54. The molecule has 2 heterocycles. The van der Waals surface area contributed by atoms with Gasteiger partial charge in [0.05, 0.1) is 5.69 Å². The molecule has 0 spiro atoms. The second-order valence-corrected chi connectivity index (χ2v) is 5.68. The maximum atomic E-state index is 12.5. The van der Waals surface area contributed by atoms with E-state index in [1.54, 1.807) is 6.20 Å². The van der Waals surface area contributed by atoms with E-state index in [0.717, 1.165) is 30.0 Å². The summed E-state index contributed by atoms with van der Waals surface area (Å²) in [6.45, 7) is 1.86. The number of aromatic nitrogens is 2. The second kappa shape index (κ2) is 5.26. The first kappa shape index (κ1) is 14.8. The third kappa shape index (κ3) is 2.91. The van der Waals surface area contributed by atoms with Gasteiger partial charge in [0.15, 0.2) is 5.78 Å². The zero-order valence-electron chi connectivity index (χ0n) is 12.0. The molecule has 116 valence electrons. The molecule has 1 aliphatic carbocycles. The van der Waals surface area contributed by atoms with Crippen LogP contribution in [0.15, 0.2) is 24.5 Å². The molecule has 1 fully saturated rings. The van der Waals surface area contributed by atoms with E-state index in [9.17, 15) is 18.0 Å². The molecule has 1 saturated carbocycles. The molecule has 2 aromatic heterocycles. The third-order valence-electron chi connectivity index (χ3n) is 3.95. The highest BCUT2D eigenvalue weighted by Crippen LogP contribution is 2.34. The number of Topliss-reactive ketones (excluding diaryl/α,β-unsaturated/α-hetero) is 1. The SMILES string of the molecule is Cc1c(Cc2ccc(C(F)(F)F)nc2)c[nH]c1C(=O)C1CC1. The number of pyridine rings is 1. The number of H-pyrrole nitrogens is 1. The molecule has 0 unspecified atom stereocenters. The lowest BCUT2D eigenvalue weighted by Crippen LogP contribution is -2.07. The topological polar surface area (TPSA) is 45.8 Å². The van der Waals surface area contributed by atoms with Crippen LogP contribution < -0.4 is 0 Å². The number of nitrogens with zero attached hydrogens (tertiary/aromatic N) is 1. The van der Waals surface area contributed by atoms with Crippen molar-refractivity contribution >= 4 is 5.78 Å². The molecule has 6 heteroatoms. The van der Waals surface area contributed by atoms with Gasteiger partial charge in [-0.2, -0.15) is 13.2 Å². The molecule has 0 radical (unpaired) electrons. The minimum atomic E-state index is -4.42. The molecule has 1 aliphatic rings. The highest BCUT2D eigenvalue weighted by molar-refractivity contribution is 5.99. The number of rotatable bonds is 4. The van der Waals surface area contributed by atoms with Crippen LogP contribution in [0, 0.1) is 12.8 Å². The van der Waals surface area contributed by atoms with Crippen molar-refractivity contribution in [2.45, 2.75) is 32.4 Å². The molecule has 0 atom stereocenters. The average molecular weight is 308 g/mol. The van der Waals surface area contributed by atoms with Gasteiger partial charge in [0.1, 0.15) is 5.69 Å². The lowest BCUT2D eigenvalue weighted by molar-refractivity contribution is -0.141. The molecule has 0 aliphatic heterocycles. The van der Waals surface area contributed by atoms with Crippen LogP contribution in [-0.4, -0.2) is 15.8 Å². The summed E-state index contributed by atoms with van der Waals surface area (Å²) in [7, 11) is 0. The number of carbonyl (C=O) groups is 1. The maximum Gasteiger partial charge on any atom is 0.433 e. The summed E-state index contributed by atoms with van der Waals surface area (Å²) < 4.78 is 37.4. The van der Waals surface area contributed by atoms with Gasteiger partial charge in [-0.15, -0.1) is 0 Å². The summed E-state index contributed by atoms with van der Waals surface area (Å²) in [5.74, 6) is 0.271. The minimum Gasteiger partial charge on any atom is -0.358 e. The molecule has 1 N–H and O–H groups in total. The van der Waals surface area contributed by atoms with Crippen LogP contribution in [0.2, 0.25) is 0 Å². The van der Waals surface area contributed by atoms with E-state index in [1.165, 1.54) is 12.3 Å². The Bertz CT molecular complexity index is 697. The van der Waals surface area contributed by atoms with E-state index in [4.69, 9.17) is 0 Å². The Labute approximate surface area is 125 Å². The van der Waals surface area contributed by atoms with Crippen molar-refractivity contribution in [1.82, 2.24) is 9.97 Å². The Morgan fingerprint density at radius 3 is 2.64 bits per heavy atom. The predicted molar refractivity (Wildman–Crippen MR) is 74.6 cm³/mol. The van der Waals surface area contributed by atoms with E-state index in [2.05, 4.69) is 9.97 Å². The van der Waals surface area contributed by atoms with E-state index in [1.807, 2.05) is 6.92 Å². The van der Waals surface area contributed by atoms with Gasteiger partial charge >= 0.3 is 6.18 Å². The fraction of sp³-hybridized carbons (Fsp3) is 0.375. The molecule has 3 rings (SSSR count). The van der Waals surface area contributed by atoms with Crippen molar-refractivity contribution in [3.8, 4) is 0 Å². The van der Waals surface area contributed by atoms with Gasteiger partial charge < -0.3 is 4.98 Å². The van der Waals surface area contributed by atoms with Crippen molar-refractivity contribution < 1.29 is 18.0 Å². The zero-order valence-corrected chi connectivity index (χ0v) is 12.0. The summed E-state index contributed by atoms with van der Waals surface area (Å²) in [6, 6.07) is 2.40. The van der Waals surface area contributed by atoms with Gasteiger partial charge in [0.2, 0.25) is 0 Å². The van der Waals surface area contributed by atoms with Crippen LogP contribution >= 0.6 is 0 Å². The van der Waals surface area contributed by atoms with Crippen molar-refractivity contribution in [2.24, 2.45) is 5.92 Å². The fourth-order valence-electron chi connectivity index (χ4n) is 2.44. The maximum absolute atomic E-state index is 12.5. The Balaban J connectivity index is 1.77. The van der Waals surface area contributed by atoms with Gasteiger partial charge in [-0.25, -0.2) is 0 Å². The largest absolute Gasteiger partial charge is 0.433 e. The number of halogens is 3. The standard InChI is InChI=1S/C16H15F3N2O/c1-9-12(8-21-14(9)15(22)11-3-4-11)6-10-2-5-13(20-7-10)16(17,18)19/h2,5,7-8,11,21H,3-4,6H2,1H3. The van der Waals surface area contributed by atoms with Gasteiger partial charge in [-0.3, -0.25) is 9.78 Å². The Hall–Kier alpha value is -2.11. The first-order valence-corrected chi connectivity index (χ1v) is 7.09. The molecule has 0 bridgehead atoms. The molecular formula is C16H15F3N2O. The normalized spacial score (nSPS) is 15.1. The summed E-state index contributed by atoms with van der Waals surface area (Å²) in [5, 5.41) is 0. The first-order chi connectivity index (χ1) is 10.4. The van der Waals surface area contributed by atoms with Gasteiger partial charge in [-0.05, 0) is 42.5 Å². The van der Waals surface area contributed by atoms with E-state index in [-0.39, 0.29) is 11.7 Å². The lowest BCUT2D eigenvalue weighted by Gasteiger charge is -2.06. The zero-order chi connectivity index (χ0) is 15.9. The molecule has 0 saturated heterocycles. The van der Waals surface area contributed by atoms with E-state index in [0.29, 0.717) is 17.7 Å². The van der Waals surface area contributed by atoms with Crippen LogP contribution in [0.4, 0.5) is 13.2 Å². The molecule has 0 amide bonds. The van der Waals surface area contributed by atoms with E-state index >= 15 is 0 Å². The van der Waals surface area contributed by atoms with Crippen molar-refractivity contribution in [3.63, 3.8) is 0 Å². The number of ketones is 1. The summed E-state index contributed by atoms with van der Waals surface area (Å²) in [5.41, 5.74) is 2.19. The number of hydrogen-bond donors (Lipinski definition) is 1. The van der Waals surface area contributed by atoms with Crippen LogP contribution in [0.25, 0.3) is 0 Å². The molecule has 0 aromatic carbocycles. The summed E-state index contributed by atoms with van der Waals surface area (Å²) in [4.78, 5) is 18.5.